The number of rotatable bonds is 0. The topological polar surface area (TPSA) is 61.0 Å². The lowest BCUT2D eigenvalue weighted by Gasteiger charge is -1.96. The van der Waals surface area contributed by atoms with Crippen LogP contribution >= 0.6 is 0 Å². The van der Waals surface area contributed by atoms with Crippen LogP contribution in [0, 0.1) is 0 Å². The molecule has 0 aromatic carbocycles. The van der Waals surface area contributed by atoms with Gasteiger partial charge in [-0.25, -0.2) is 9.79 Å². The molecule has 4 nitrogen and oxygen atoms in total. The van der Waals surface area contributed by atoms with Crippen LogP contribution in [0.1, 0.15) is 19.0 Å². The predicted octanol–water partition coefficient (Wildman–Crippen LogP) is 2.08. The molecule has 0 spiro atoms. The minimum absolute atomic E-state index is 0.213. The minimum Gasteiger partial charge on any atom is -0.304 e. The minimum atomic E-state index is -0.213. The third-order valence-electron chi connectivity index (χ3n) is 2.66. The summed E-state index contributed by atoms with van der Waals surface area (Å²) in [6.45, 7) is 2.05. The molecule has 0 fully saturated rings. The molecule has 2 heterocycles. The van der Waals surface area contributed by atoms with Crippen LogP contribution in [0.4, 0.5) is 5.82 Å². The maximum absolute atomic E-state index is 11.2. The molecule has 1 aromatic rings. The van der Waals surface area contributed by atoms with E-state index in [4.69, 9.17) is 0 Å². The molecule has 16 heavy (non-hydrogen) atoms. The number of allylic oxidation sites excluding steroid dienone is 5. The molecule has 0 atom stereocenters. The second kappa shape index (κ2) is 3.20. The second-order valence-corrected chi connectivity index (χ2v) is 4.06. The van der Waals surface area contributed by atoms with E-state index in [9.17, 15) is 4.79 Å². The lowest BCUT2D eigenvalue weighted by atomic mass is 10.1. The summed E-state index contributed by atoms with van der Waals surface area (Å²) >= 11 is 0. The smallest absolute Gasteiger partial charge is 0.304 e. The van der Waals surface area contributed by atoms with Gasteiger partial charge in [0.2, 0.25) is 0 Å². The van der Waals surface area contributed by atoms with Gasteiger partial charge in [0, 0.05) is 12.1 Å². The number of H-pyrrole nitrogens is 2. The van der Waals surface area contributed by atoms with Crippen molar-refractivity contribution in [2.45, 2.75) is 13.3 Å². The molecule has 0 saturated heterocycles. The average Bonchev–Trinajstić information content (AvgIpc) is 2.39. The van der Waals surface area contributed by atoms with Crippen molar-refractivity contribution >= 4 is 17.6 Å². The highest BCUT2D eigenvalue weighted by Gasteiger charge is 2.13. The van der Waals surface area contributed by atoms with Crippen molar-refractivity contribution in [1.29, 1.82) is 0 Å². The van der Waals surface area contributed by atoms with Gasteiger partial charge < -0.3 is 4.98 Å². The van der Waals surface area contributed by atoms with Crippen LogP contribution in [0.3, 0.4) is 0 Å². The number of fused-ring (bicyclic) bond motifs is 3. The molecule has 0 unspecified atom stereocenters. The summed E-state index contributed by atoms with van der Waals surface area (Å²) < 4.78 is 0. The number of nitrogens with one attached hydrogen (secondary N) is 2. The van der Waals surface area contributed by atoms with Gasteiger partial charge in [0.15, 0.2) is 5.82 Å². The molecule has 80 valence electrons. The molecule has 2 bridgehead atoms. The van der Waals surface area contributed by atoms with Crippen LogP contribution in [-0.2, 0) is 0 Å². The van der Waals surface area contributed by atoms with Gasteiger partial charge in [-0.05, 0) is 24.6 Å². The van der Waals surface area contributed by atoms with E-state index in [1.54, 1.807) is 0 Å². The Morgan fingerprint density at radius 3 is 3.00 bits per heavy atom. The molecular weight excluding hydrogens is 202 g/mol. The number of imidazole rings is 1. The first-order valence-corrected chi connectivity index (χ1v) is 5.17. The molecule has 0 saturated carbocycles. The summed E-state index contributed by atoms with van der Waals surface area (Å²) in [5, 5.41) is 0. The fourth-order valence-electron chi connectivity index (χ4n) is 1.97. The zero-order chi connectivity index (χ0) is 11.1. The number of hydrogen-bond donors (Lipinski definition) is 2. The average molecular weight is 213 g/mol. The molecular formula is C12H11N3O. The predicted molar refractivity (Wildman–Crippen MR) is 64.0 cm³/mol. The van der Waals surface area contributed by atoms with Gasteiger partial charge in [0.25, 0.3) is 0 Å². The molecule has 1 aliphatic heterocycles. The van der Waals surface area contributed by atoms with Crippen molar-refractivity contribution < 1.29 is 0 Å². The van der Waals surface area contributed by atoms with Gasteiger partial charge in [-0.15, -0.1) is 0 Å². The SMILES string of the molecule is CC1=CC2=Cc3[nH]c(=O)[nH]c3N=C(C=C1)C2. The highest BCUT2D eigenvalue weighted by atomic mass is 16.1. The fraction of sp³-hybridized carbons (Fsp3) is 0.167. The molecule has 1 aliphatic carbocycles. The van der Waals surface area contributed by atoms with E-state index in [0.29, 0.717) is 5.82 Å². The van der Waals surface area contributed by atoms with Gasteiger partial charge in [-0.1, -0.05) is 17.7 Å². The van der Waals surface area contributed by atoms with Crippen molar-refractivity contribution in [2.75, 3.05) is 0 Å². The number of aromatic nitrogens is 2. The molecule has 0 radical (unpaired) electrons. The summed E-state index contributed by atoms with van der Waals surface area (Å²) in [5.74, 6) is 0.618. The molecule has 2 N–H and O–H groups in total. The zero-order valence-electron chi connectivity index (χ0n) is 8.87. The van der Waals surface area contributed by atoms with E-state index in [-0.39, 0.29) is 5.69 Å². The first-order chi connectivity index (χ1) is 7.70. The van der Waals surface area contributed by atoms with Crippen molar-refractivity contribution in [3.05, 3.63) is 45.6 Å². The Morgan fingerprint density at radius 1 is 1.25 bits per heavy atom. The third kappa shape index (κ3) is 1.48. The van der Waals surface area contributed by atoms with E-state index >= 15 is 0 Å². The Hall–Kier alpha value is -2.10. The van der Waals surface area contributed by atoms with Gasteiger partial charge in [-0.2, -0.15) is 0 Å². The summed E-state index contributed by atoms with van der Waals surface area (Å²) in [5.41, 5.74) is 3.87. The Bertz CT molecular complexity index is 623. The number of aromatic amines is 2. The molecule has 3 rings (SSSR count). The maximum Gasteiger partial charge on any atom is 0.325 e. The largest absolute Gasteiger partial charge is 0.325 e. The molecule has 2 aliphatic rings. The first kappa shape index (κ1) is 9.15. The van der Waals surface area contributed by atoms with Crippen LogP contribution in [-0.4, -0.2) is 15.7 Å². The standard InChI is InChI=1S/C12H11N3O/c1-7-2-3-9-5-8(4-7)6-10-11(13-9)15-12(16)14-10/h2-4,6H,5H2,1H3,(H2,13,14,15,16). The van der Waals surface area contributed by atoms with E-state index in [0.717, 1.165) is 23.4 Å². The zero-order valence-corrected chi connectivity index (χ0v) is 8.87. The van der Waals surface area contributed by atoms with Crippen LogP contribution in [0.15, 0.2) is 39.2 Å². The third-order valence-corrected chi connectivity index (χ3v) is 2.66. The number of aliphatic imine (C=N–C) groups is 1. The monoisotopic (exact) mass is 213 g/mol. The molecule has 4 heteroatoms. The van der Waals surface area contributed by atoms with Gasteiger partial charge >= 0.3 is 5.69 Å². The maximum atomic E-state index is 11.2. The van der Waals surface area contributed by atoms with Crippen LogP contribution < -0.4 is 5.69 Å². The van der Waals surface area contributed by atoms with Crippen LogP contribution in [0.2, 0.25) is 0 Å². The quantitative estimate of drug-likeness (QED) is 0.681. The summed E-state index contributed by atoms with van der Waals surface area (Å²) in [6, 6.07) is 0. The number of nitrogens with zero attached hydrogens (tertiary/aromatic N) is 1. The van der Waals surface area contributed by atoms with E-state index in [1.165, 1.54) is 5.57 Å². The second-order valence-electron chi connectivity index (χ2n) is 4.06. The van der Waals surface area contributed by atoms with Crippen molar-refractivity contribution in [3.8, 4) is 0 Å². The Morgan fingerprint density at radius 2 is 2.12 bits per heavy atom. The van der Waals surface area contributed by atoms with Crippen molar-refractivity contribution in [1.82, 2.24) is 9.97 Å². The Labute approximate surface area is 92.1 Å². The normalized spacial score (nSPS) is 17.9. The molecule has 1 aromatic heterocycles. The van der Waals surface area contributed by atoms with Crippen molar-refractivity contribution in [2.24, 2.45) is 4.99 Å². The fourth-order valence-corrected chi connectivity index (χ4v) is 1.97. The van der Waals surface area contributed by atoms with Gasteiger partial charge in [-0.3, -0.25) is 4.98 Å². The highest BCUT2D eigenvalue weighted by molar-refractivity contribution is 6.01. The summed E-state index contributed by atoms with van der Waals surface area (Å²) in [6.07, 6.45) is 8.92. The van der Waals surface area contributed by atoms with Gasteiger partial charge in [0.1, 0.15) is 0 Å². The first-order valence-electron chi connectivity index (χ1n) is 5.17. The Kier molecular flexibility index (Phi) is 1.83. The van der Waals surface area contributed by atoms with Crippen molar-refractivity contribution in [3.63, 3.8) is 0 Å². The summed E-state index contributed by atoms with van der Waals surface area (Å²) in [7, 11) is 0. The van der Waals surface area contributed by atoms with E-state index in [1.807, 2.05) is 18.2 Å². The van der Waals surface area contributed by atoms with Crippen LogP contribution in [0.25, 0.3) is 6.08 Å². The van der Waals surface area contributed by atoms with Crippen LogP contribution in [0.5, 0.6) is 0 Å². The van der Waals surface area contributed by atoms with Gasteiger partial charge in [0.05, 0.1) is 5.69 Å². The molecule has 0 amide bonds. The lowest BCUT2D eigenvalue weighted by Crippen LogP contribution is -2.01. The number of hydrogen-bond acceptors (Lipinski definition) is 2. The van der Waals surface area contributed by atoms with E-state index in [2.05, 4.69) is 28.0 Å². The highest BCUT2D eigenvalue weighted by Crippen LogP contribution is 2.25. The lowest BCUT2D eigenvalue weighted by molar-refractivity contribution is 1.17. The Balaban J connectivity index is 2.27. The summed E-state index contributed by atoms with van der Waals surface area (Å²) in [4.78, 5) is 21.0. The van der Waals surface area contributed by atoms with E-state index < -0.39 is 0 Å².